The number of carbonyl (C=O) groups is 1. The molecule has 0 saturated carbocycles. The topological polar surface area (TPSA) is 82.7 Å². The number of aryl methyl sites for hydroxylation is 1. The Morgan fingerprint density at radius 2 is 2.10 bits per heavy atom. The molecule has 0 unspecified atom stereocenters. The van der Waals surface area contributed by atoms with E-state index in [4.69, 9.17) is 0 Å². The van der Waals surface area contributed by atoms with Crippen LogP contribution in [0.3, 0.4) is 0 Å². The van der Waals surface area contributed by atoms with Crippen LogP contribution in [0.25, 0.3) is 0 Å². The summed E-state index contributed by atoms with van der Waals surface area (Å²) in [4.78, 5) is 16.3. The lowest BCUT2D eigenvalue weighted by molar-refractivity contribution is 0.0952. The molecule has 0 aliphatic carbocycles. The van der Waals surface area contributed by atoms with Crippen LogP contribution in [0, 0.1) is 0 Å². The van der Waals surface area contributed by atoms with Gasteiger partial charge in [-0.15, -0.1) is 0 Å². The van der Waals surface area contributed by atoms with Crippen molar-refractivity contribution in [2.75, 3.05) is 20.1 Å². The zero-order valence-corrected chi connectivity index (χ0v) is 12.2. The number of hydrogen-bond acceptors (Lipinski definition) is 4. The van der Waals surface area contributed by atoms with Gasteiger partial charge in [-0.25, -0.2) is 4.98 Å². The molecule has 1 amide bonds. The minimum absolute atomic E-state index is 0.0146. The van der Waals surface area contributed by atoms with Gasteiger partial charge in [-0.2, -0.15) is 5.10 Å². The first-order chi connectivity index (χ1) is 10.3. The summed E-state index contributed by atoms with van der Waals surface area (Å²) >= 11 is 0. The fraction of sp³-hybridized carbons (Fsp3) is 0.400. The number of amides is 1. The number of H-pyrrole nitrogens is 1. The zero-order chi connectivity index (χ0) is 14.9. The number of benzene rings is 1. The Labute approximate surface area is 124 Å². The number of likely N-dealkylation sites (N-methyl/N-ethyl adjacent to an activating group) is 1. The first-order valence-electron chi connectivity index (χ1n) is 7.16. The fourth-order valence-electron chi connectivity index (χ4n) is 2.12. The molecule has 6 nitrogen and oxygen atoms in total. The molecule has 21 heavy (non-hydrogen) atoms. The van der Waals surface area contributed by atoms with Gasteiger partial charge in [0, 0.05) is 18.5 Å². The Balaban J connectivity index is 1.82. The third kappa shape index (κ3) is 4.68. The van der Waals surface area contributed by atoms with Crippen LogP contribution in [0.4, 0.5) is 0 Å². The van der Waals surface area contributed by atoms with Gasteiger partial charge < -0.3 is 10.6 Å². The molecule has 1 aromatic heterocycles. The molecule has 1 aromatic carbocycles. The maximum absolute atomic E-state index is 12.2. The minimum Gasteiger partial charge on any atom is -0.352 e. The van der Waals surface area contributed by atoms with Crippen LogP contribution in [0.2, 0.25) is 0 Å². The van der Waals surface area contributed by atoms with Gasteiger partial charge in [-0.05, 0) is 38.1 Å². The molecule has 0 saturated heterocycles. The van der Waals surface area contributed by atoms with E-state index >= 15 is 0 Å². The second kappa shape index (κ2) is 8.16. The quantitative estimate of drug-likeness (QED) is 0.631. The molecular formula is C15H21N5O. The molecule has 2 rings (SSSR count). The van der Waals surface area contributed by atoms with E-state index in [0.29, 0.717) is 6.54 Å². The normalized spacial score (nSPS) is 10.5. The van der Waals surface area contributed by atoms with Crippen LogP contribution in [0.5, 0.6) is 0 Å². The van der Waals surface area contributed by atoms with Gasteiger partial charge in [0.15, 0.2) is 0 Å². The first-order valence-corrected chi connectivity index (χ1v) is 7.16. The lowest BCUT2D eigenvalue weighted by Crippen LogP contribution is -2.26. The van der Waals surface area contributed by atoms with Crippen LogP contribution >= 0.6 is 0 Å². The third-order valence-electron chi connectivity index (χ3n) is 3.25. The summed E-state index contributed by atoms with van der Waals surface area (Å²) in [6, 6.07) is 7.73. The molecule has 3 N–H and O–H groups in total. The van der Waals surface area contributed by atoms with Crippen LogP contribution < -0.4 is 10.6 Å². The van der Waals surface area contributed by atoms with E-state index in [-0.39, 0.29) is 5.91 Å². The average molecular weight is 287 g/mol. The van der Waals surface area contributed by atoms with Gasteiger partial charge in [0.05, 0.1) is 0 Å². The smallest absolute Gasteiger partial charge is 0.251 e. The Morgan fingerprint density at radius 1 is 1.24 bits per heavy atom. The van der Waals surface area contributed by atoms with Gasteiger partial charge in [0.1, 0.15) is 12.2 Å². The van der Waals surface area contributed by atoms with Crippen molar-refractivity contribution in [3.05, 3.63) is 47.5 Å². The molecule has 0 fully saturated rings. The van der Waals surface area contributed by atoms with Crippen LogP contribution in [0.1, 0.15) is 28.2 Å². The number of aromatic amines is 1. The van der Waals surface area contributed by atoms with Crippen molar-refractivity contribution in [2.24, 2.45) is 0 Å². The highest BCUT2D eigenvalue weighted by Crippen LogP contribution is 2.09. The van der Waals surface area contributed by atoms with Gasteiger partial charge in [0.2, 0.25) is 0 Å². The number of nitrogens with one attached hydrogen (secondary N) is 3. The van der Waals surface area contributed by atoms with Gasteiger partial charge in [-0.1, -0.05) is 18.2 Å². The molecule has 0 aliphatic rings. The summed E-state index contributed by atoms with van der Waals surface area (Å²) in [7, 11) is 1.91. The number of aromatic nitrogens is 3. The van der Waals surface area contributed by atoms with Crippen molar-refractivity contribution in [3.63, 3.8) is 0 Å². The van der Waals surface area contributed by atoms with E-state index < -0.39 is 0 Å². The Bertz CT molecular complexity index is 553. The predicted octanol–water partition coefficient (Wildman–Crippen LogP) is 0.929. The van der Waals surface area contributed by atoms with Crippen molar-refractivity contribution >= 4 is 5.91 Å². The highest BCUT2D eigenvalue weighted by molar-refractivity contribution is 5.95. The summed E-state index contributed by atoms with van der Waals surface area (Å²) < 4.78 is 0. The van der Waals surface area contributed by atoms with Crippen molar-refractivity contribution in [1.82, 2.24) is 25.8 Å². The SMILES string of the molecule is CNCCc1ccccc1C(=O)NCCCc1ncn[nH]1. The molecule has 112 valence electrons. The molecule has 1 heterocycles. The van der Waals surface area contributed by atoms with Crippen molar-refractivity contribution in [2.45, 2.75) is 19.3 Å². The van der Waals surface area contributed by atoms with E-state index in [9.17, 15) is 4.79 Å². The maximum atomic E-state index is 12.2. The third-order valence-corrected chi connectivity index (χ3v) is 3.25. The summed E-state index contributed by atoms with van der Waals surface area (Å²) in [6.45, 7) is 1.48. The van der Waals surface area contributed by atoms with E-state index in [1.165, 1.54) is 6.33 Å². The Hall–Kier alpha value is -2.21. The highest BCUT2D eigenvalue weighted by atomic mass is 16.1. The van der Waals surface area contributed by atoms with Crippen LogP contribution in [-0.4, -0.2) is 41.2 Å². The second-order valence-electron chi connectivity index (χ2n) is 4.80. The largest absolute Gasteiger partial charge is 0.352 e. The number of hydrogen-bond donors (Lipinski definition) is 3. The number of rotatable bonds is 8. The van der Waals surface area contributed by atoms with Crippen molar-refractivity contribution in [3.8, 4) is 0 Å². The number of nitrogens with zero attached hydrogens (tertiary/aromatic N) is 2. The minimum atomic E-state index is -0.0146. The second-order valence-corrected chi connectivity index (χ2v) is 4.80. The standard InChI is InChI=1S/C15H21N5O/c1-16-10-8-12-5-2-3-6-13(12)15(21)17-9-4-7-14-18-11-19-20-14/h2-3,5-6,11,16H,4,7-10H2,1H3,(H,17,21)(H,18,19,20). The first kappa shape index (κ1) is 15.2. The Kier molecular flexibility index (Phi) is 5.90. The summed E-state index contributed by atoms with van der Waals surface area (Å²) in [6.07, 6.45) is 3.95. The van der Waals surface area contributed by atoms with E-state index in [1.54, 1.807) is 0 Å². The lowest BCUT2D eigenvalue weighted by Gasteiger charge is -2.09. The average Bonchev–Trinajstić information content (AvgIpc) is 3.03. The lowest BCUT2D eigenvalue weighted by atomic mass is 10.0. The predicted molar refractivity (Wildman–Crippen MR) is 81.1 cm³/mol. The maximum Gasteiger partial charge on any atom is 0.251 e. The Morgan fingerprint density at radius 3 is 2.86 bits per heavy atom. The van der Waals surface area contributed by atoms with Crippen LogP contribution in [-0.2, 0) is 12.8 Å². The fourth-order valence-corrected chi connectivity index (χ4v) is 2.12. The van der Waals surface area contributed by atoms with E-state index in [1.807, 2.05) is 31.3 Å². The molecule has 0 atom stereocenters. The highest BCUT2D eigenvalue weighted by Gasteiger charge is 2.09. The van der Waals surface area contributed by atoms with Crippen molar-refractivity contribution in [1.29, 1.82) is 0 Å². The monoisotopic (exact) mass is 287 g/mol. The van der Waals surface area contributed by atoms with E-state index in [0.717, 1.165) is 42.8 Å². The zero-order valence-electron chi connectivity index (χ0n) is 12.2. The van der Waals surface area contributed by atoms with E-state index in [2.05, 4.69) is 25.8 Å². The molecular weight excluding hydrogens is 266 g/mol. The van der Waals surface area contributed by atoms with Gasteiger partial charge in [0.25, 0.3) is 5.91 Å². The molecule has 0 bridgehead atoms. The molecule has 0 aliphatic heterocycles. The molecule has 0 spiro atoms. The summed E-state index contributed by atoms with van der Waals surface area (Å²) in [5.74, 6) is 0.831. The summed E-state index contributed by atoms with van der Waals surface area (Å²) in [5.41, 5.74) is 1.83. The van der Waals surface area contributed by atoms with Gasteiger partial charge in [-0.3, -0.25) is 9.89 Å². The molecule has 6 heteroatoms. The number of carbonyl (C=O) groups excluding carboxylic acids is 1. The molecule has 0 radical (unpaired) electrons. The van der Waals surface area contributed by atoms with Crippen molar-refractivity contribution < 1.29 is 4.79 Å². The van der Waals surface area contributed by atoms with Gasteiger partial charge >= 0.3 is 0 Å². The molecule has 2 aromatic rings. The summed E-state index contributed by atoms with van der Waals surface area (Å²) in [5, 5.41) is 12.7. The van der Waals surface area contributed by atoms with Crippen LogP contribution in [0.15, 0.2) is 30.6 Å².